The van der Waals surface area contributed by atoms with Crippen LogP contribution in [0.15, 0.2) is 47.1 Å². The molecule has 0 unspecified atom stereocenters. The fraction of sp³-hybridized carbons (Fsp3) is 0.350. The number of nitrogens with two attached hydrogens (primary N) is 1. The summed E-state index contributed by atoms with van der Waals surface area (Å²) < 4.78 is 7.11. The first-order chi connectivity index (χ1) is 14.1. The summed E-state index contributed by atoms with van der Waals surface area (Å²) in [7, 11) is 0. The summed E-state index contributed by atoms with van der Waals surface area (Å²) in [6, 6.07) is 10.8. The first-order valence-corrected chi connectivity index (χ1v) is 9.57. The zero-order chi connectivity index (χ0) is 20.4. The van der Waals surface area contributed by atoms with E-state index in [4.69, 9.17) is 10.3 Å². The molecule has 2 amide bonds. The Kier molecular flexibility index (Phi) is 5.11. The van der Waals surface area contributed by atoms with Gasteiger partial charge < -0.3 is 15.6 Å². The summed E-state index contributed by atoms with van der Waals surface area (Å²) in [6.07, 6.45) is 2.46. The molecule has 3 N–H and O–H groups in total. The Morgan fingerprint density at radius 3 is 2.76 bits per heavy atom. The normalized spacial score (nSPS) is 21.2. The fourth-order valence-electron chi connectivity index (χ4n) is 3.81. The minimum Gasteiger partial charge on any atom is -0.369 e. The summed E-state index contributed by atoms with van der Waals surface area (Å²) in [5.41, 5.74) is 6.83. The van der Waals surface area contributed by atoms with E-state index in [9.17, 15) is 9.59 Å². The first kappa shape index (κ1) is 18.9. The van der Waals surface area contributed by atoms with E-state index in [0.29, 0.717) is 36.8 Å². The number of aromatic nitrogens is 4. The summed E-state index contributed by atoms with van der Waals surface area (Å²) in [5, 5.41) is 11.2. The Labute approximate surface area is 167 Å². The van der Waals surface area contributed by atoms with Gasteiger partial charge in [0.05, 0.1) is 5.92 Å². The van der Waals surface area contributed by atoms with Crippen LogP contribution in [0.3, 0.4) is 0 Å². The summed E-state index contributed by atoms with van der Waals surface area (Å²) >= 11 is 0. The maximum Gasteiger partial charge on any atom is 0.269 e. The molecule has 0 radical (unpaired) electrons. The van der Waals surface area contributed by atoms with Gasteiger partial charge in [0, 0.05) is 30.3 Å². The van der Waals surface area contributed by atoms with Crippen molar-refractivity contribution in [1.82, 2.24) is 25.2 Å². The van der Waals surface area contributed by atoms with Gasteiger partial charge in [-0.3, -0.25) is 14.3 Å². The topological polar surface area (TPSA) is 129 Å². The lowest BCUT2D eigenvalue weighted by molar-refractivity contribution is -0.121. The highest BCUT2D eigenvalue weighted by atomic mass is 16.5. The molecule has 0 aliphatic heterocycles. The van der Waals surface area contributed by atoms with Gasteiger partial charge in [-0.15, -0.1) is 0 Å². The molecule has 9 heteroatoms. The van der Waals surface area contributed by atoms with E-state index in [1.54, 1.807) is 16.9 Å². The van der Waals surface area contributed by atoms with Crippen molar-refractivity contribution in [2.45, 2.75) is 38.3 Å². The van der Waals surface area contributed by atoms with Crippen LogP contribution in [0.5, 0.6) is 0 Å². The molecule has 4 rings (SSSR count). The molecule has 3 atom stereocenters. The standard InChI is InChI=1S/C20H22N6O3/c1-2-26-16(8-9-22-26)19(28)23-15-11-13(17(21)27)10-14(15)20-24-18(25-29-20)12-6-4-3-5-7-12/h3-9,13-15H,2,10-11H2,1H3,(H2,21,27)(H,23,28)/t13-,14-,15+/m1/s1. The van der Waals surface area contributed by atoms with Crippen molar-refractivity contribution in [2.24, 2.45) is 11.7 Å². The summed E-state index contributed by atoms with van der Waals surface area (Å²) in [4.78, 5) is 29.1. The van der Waals surface area contributed by atoms with Crippen LogP contribution in [0.2, 0.25) is 0 Å². The third-order valence-electron chi connectivity index (χ3n) is 5.32. The molecule has 3 aromatic rings. The van der Waals surface area contributed by atoms with Gasteiger partial charge >= 0.3 is 0 Å². The second-order valence-corrected chi connectivity index (χ2v) is 7.11. The third kappa shape index (κ3) is 3.75. The van der Waals surface area contributed by atoms with Gasteiger partial charge in [0.15, 0.2) is 0 Å². The lowest BCUT2D eigenvalue weighted by atomic mass is 10.0. The zero-order valence-corrected chi connectivity index (χ0v) is 16.0. The number of aryl methyl sites for hydroxylation is 1. The Morgan fingerprint density at radius 2 is 2.03 bits per heavy atom. The summed E-state index contributed by atoms with van der Waals surface area (Å²) in [5.74, 6) is -0.451. The number of nitrogens with one attached hydrogen (secondary N) is 1. The van der Waals surface area contributed by atoms with Crippen molar-refractivity contribution >= 4 is 11.8 Å². The smallest absolute Gasteiger partial charge is 0.269 e. The number of nitrogens with zero attached hydrogens (tertiary/aromatic N) is 4. The molecule has 1 fully saturated rings. The fourth-order valence-corrected chi connectivity index (χ4v) is 3.81. The number of benzene rings is 1. The van der Waals surface area contributed by atoms with Crippen molar-refractivity contribution in [3.05, 3.63) is 54.2 Å². The summed E-state index contributed by atoms with van der Waals surface area (Å²) in [6.45, 7) is 2.49. The highest BCUT2D eigenvalue weighted by Crippen LogP contribution is 2.38. The van der Waals surface area contributed by atoms with Gasteiger partial charge in [0.25, 0.3) is 5.91 Å². The molecule has 9 nitrogen and oxygen atoms in total. The lowest BCUT2D eigenvalue weighted by Gasteiger charge is -2.18. The van der Waals surface area contributed by atoms with E-state index in [-0.39, 0.29) is 23.8 Å². The van der Waals surface area contributed by atoms with Crippen LogP contribution in [-0.2, 0) is 11.3 Å². The van der Waals surface area contributed by atoms with Crippen LogP contribution in [0.1, 0.15) is 42.1 Å². The minimum atomic E-state index is -0.395. The molecule has 2 aromatic heterocycles. The van der Waals surface area contributed by atoms with Gasteiger partial charge in [-0.2, -0.15) is 10.1 Å². The maximum atomic E-state index is 12.8. The lowest BCUT2D eigenvalue weighted by Crippen LogP contribution is -2.38. The number of hydrogen-bond donors (Lipinski definition) is 2. The van der Waals surface area contributed by atoms with Gasteiger partial charge in [-0.05, 0) is 25.8 Å². The number of amides is 2. The second kappa shape index (κ2) is 7.86. The molecule has 0 saturated heterocycles. The van der Waals surface area contributed by atoms with Crippen LogP contribution in [0.25, 0.3) is 11.4 Å². The van der Waals surface area contributed by atoms with Crippen molar-refractivity contribution < 1.29 is 14.1 Å². The van der Waals surface area contributed by atoms with Crippen molar-refractivity contribution in [3.63, 3.8) is 0 Å². The molecular weight excluding hydrogens is 372 g/mol. The highest BCUT2D eigenvalue weighted by Gasteiger charge is 2.42. The predicted molar refractivity (Wildman–Crippen MR) is 104 cm³/mol. The van der Waals surface area contributed by atoms with E-state index in [0.717, 1.165) is 5.56 Å². The average molecular weight is 394 g/mol. The monoisotopic (exact) mass is 394 g/mol. The van der Waals surface area contributed by atoms with Gasteiger partial charge in [0.1, 0.15) is 5.69 Å². The van der Waals surface area contributed by atoms with E-state index < -0.39 is 5.91 Å². The average Bonchev–Trinajstić information content (AvgIpc) is 3.47. The van der Waals surface area contributed by atoms with Gasteiger partial charge in [-0.1, -0.05) is 35.5 Å². The Balaban J connectivity index is 1.58. The van der Waals surface area contributed by atoms with Crippen LogP contribution < -0.4 is 11.1 Å². The van der Waals surface area contributed by atoms with Crippen molar-refractivity contribution in [1.29, 1.82) is 0 Å². The van der Waals surface area contributed by atoms with E-state index in [1.807, 2.05) is 37.3 Å². The number of hydrogen-bond acceptors (Lipinski definition) is 6. The van der Waals surface area contributed by atoms with Crippen LogP contribution in [0.4, 0.5) is 0 Å². The van der Waals surface area contributed by atoms with Crippen molar-refractivity contribution in [3.8, 4) is 11.4 Å². The number of primary amides is 1. The predicted octanol–water partition coefficient (Wildman–Crippen LogP) is 1.73. The largest absolute Gasteiger partial charge is 0.369 e. The molecule has 2 heterocycles. The van der Waals surface area contributed by atoms with E-state index >= 15 is 0 Å². The number of carbonyl (C=O) groups is 2. The second-order valence-electron chi connectivity index (χ2n) is 7.11. The Morgan fingerprint density at radius 1 is 1.24 bits per heavy atom. The first-order valence-electron chi connectivity index (χ1n) is 9.57. The molecule has 150 valence electrons. The molecule has 1 aliphatic carbocycles. The Bertz CT molecular complexity index is 1010. The SMILES string of the molecule is CCn1nccc1C(=O)N[C@H]1C[C@H](C(N)=O)C[C@H]1c1nc(-c2ccccc2)no1. The van der Waals surface area contributed by atoms with Crippen LogP contribution in [-0.4, -0.2) is 37.8 Å². The van der Waals surface area contributed by atoms with Gasteiger partial charge in [-0.25, -0.2) is 0 Å². The van der Waals surface area contributed by atoms with Gasteiger partial charge in [0.2, 0.25) is 17.6 Å². The zero-order valence-electron chi connectivity index (χ0n) is 16.0. The third-order valence-corrected chi connectivity index (χ3v) is 5.32. The van der Waals surface area contributed by atoms with Crippen LogP contribution in [0, 0.1) is 5.92 Å². The number of rotatable bonds is 6. The van der Waals surface area contributed by atoms with E-state index in [1.165, 1.54) is 0 Å². The highest BCUT2D eigenvalue weighted by molar-refractivity contribution is 5.92. The molecule has 1 aliphatic rings. The molecule has 0 bridgehead atoms. The van der Waals surface area contributed by atoms with Crippen LogP contribution >= 0.6 is 0 Å². The molecule has 1 saturated carbocycles. The van der Waals surface area contributed by atoms with E-state index in [2.05, 4.69) is 20.6 Å². The Hall–Kier alpha value is -3.49. The number of carbonyl (C=O) groups excluding carboxylic acids is 2. The molecular formula is C20H22N6O3. The maximum absolute atomic E-state index is 12.8. The minimum absolute atomic E-state index is 0.257. The quantitative estimate of drug-likeness (QED) is 0.655. The molecule has 0 spiro atoms. The molecule has 29 heavy (non-hydrogen) atoms. The molecule has 1 aromatic carbocycles. The van der Waals surface area contributed by atoms with Crippen molar-refractivity contribution in [2.75, 3.05) is 0 Å².